The number of benzene rings is 1. The molecule has 0 aromatic heterocycles. The molecular weight excluding hydrogens is 198 g/mol. The van der Waals surface area contributed by atoms with Crippen LogP contribution in [0.3, 0.4) is 0 Å². The molecule has 0 spiro atoms. The molecule has 1 fully saturated rings. The Morgan fingerprint density at radius 2 is 2.12 bits per heavy atom. The molecule has 1 heterocycles. The van der Waals surface area contributed by atoms with Crippen LogP contribution in [0.5, 0.6) is 5.75 Å². The molecule has 0 bridgehead atoms. The summed E-state index contributed by atoms with van der Waals surface area (Å²) in [5.74, 6) is 1.80. The highest BCUT2D eigenvalue weighted by molar-refractivity contribution is 5.26. The molecule has 0 unspecified atom stereocenters. The Kier molecular flexibility index (Phi) is 4.23. The maximum atomic E-state index is 5.74. The number of hydrogen-bond acceptors (Lipinski definition) is 2. The van der Waals surface area contributed by atoms with Gasteiger partial charge in [-0.15, -0.1) is 0 Å². The number of aryl methyl sites for hydroxylation is 1. The van der Waals surface area contributed by atoms with Gasteiger partial charge in [-0.2, -0.15) is 0 Å². The van der Waals surface area contributed by atoms with E-state index < -0.39 is 0 Å². The van der Waals surface area contributed by atoms with E-state index in [1.165, 1.54) is 31.4 Å². The van der Waals surface area contributed by atoms with E-state index in [2.05, 4.69) is 36.5 Å². The van der Waals surface area contributed by atoms with E-state index in [9.17, 15) is 0 Å². The Hall–Kier alpha value is -1.02. The van der Waals surface area contributed by atoms with E-state index in [1.54, 1.807) is 0 Å². The van der Waals surface area contributed by atoms with E-state index >= 15 is 0 Å². The van der Waals surface area contributed by atoms with Crippen molar-refractivity contribution in [3.8, 4) is 5.75 Å². The van der Waals surface area contributed by atoms with Crippen molar-refractivity contribution >= 4 is 0 Å². The first-order valence-electron chi connectivity index (χ1n) is 6.25. The first-order valence-corrected chi connectivity index (χ1v) is 6.25. The van der Waals surface area contributed by atoms with Crippen molar-refractivity contribution in [3.63, 3.8) is 0 Å². The Morgan fingerprint density at radius 3 is 2.81 bits per heavy atom. The van der Waals surface area contributed by atoms with Gasteiger partial charge in [-0.3, -0.25) is 0 Å². The van der Waals surface area contributed by atoms with Crippen molar-refractivity contribution < 1.29 is 4.74 Å². The van der Waals surface area contributed by atoms with Crippen molar-refractivity contribution in [3.05, 3.63) is 29.8 Å². The molecule has 1 aliphatic heterocycles. The van der Waals surface area contributed by atoms with Gasteiger partial charge in [-0.25, -0.2) is 0 Å². The van der Waals surface area contributed by atoms with E-state index in [1.807, 2.05) is 0 Å². The maximum Gasteiger partial charge on any atom is 0.119 e. The third kappa shape index (κ3) is 3.53. The summed E-state index contributed by atoms with van der Waals surface area (Å²) in [4.78, 5) is 0. The molecule has 0 amide bonds. The smallest absolute Gasteiger partial charge is 0.119 e. The monoisotopic (exact) mass is 219 g/mol. The van der Waals surface area contributed by atoms with Crippen LogP contribution in [0.2, 0.25) is 0 Å². The molecule has 1 atom stereocenters. The Bertz CT molecular complexity index is 301. The predicted molar refractivity (Wildman–Crippen MR) is 66.9 cm³/mol. The zero-order chi connectivity index (χ0) is 11.2. The van der Waals surface area contributed by atoms with Gasteiger partial charge in [0.25, 0.3) is 0 Å². The maximum absolute atomic E-state index is 5.74. The van der Waals surface area contributed by atoms with E-state index in [0.29, 0.717) is 0 Å². The SMILES string of the molecule is Cc1ccc(OCC[C@H]2CCCNC2)cc1. The molecule has 1 N–H and O–H groups in total. The van der Waals surface area contributed by atoms with Crippen LogP contribution < -0.4 is 10.1 Å². The van der Waals surface area contributed by atoms with Gasteiger partial charge in [0.2, 0.25) is 0 Å². The zero-order valence-electron chi connectivity index (χ0n) is 10.0. The Balaban J connectivity index is 1.69. The van der Waals surface area contributed by atoms with Gasteiger partial charge in [-0.1, -0.05) is 17.7 Å². The normalized spacial score (nSPS) is 20.7. The first-order chi connectivity index (χ1) is 7.84. The van der Waals surface area contributed by atoms with Crippen LogP contribution in [0.25, 0.3) is 0 Å². The molecule has 0 aliphatic carbocycles. The van der Waals surface area contributed by atoms with E-state index in [4.69, 9.17) is 4.74 Å². The lowest BCUT2D eigenvalue weighted by Crippen LogP contribution is -2.30. The summed E-state index contributed by atoms with van der Waals surface area (Å²) in [6.07, 6.45) is 3.83. The summed E-state index contributed by atoms with van der Waals surface area (Å²) >= 11 is 0. The van der Waals surface area contributed by atoms with Crippen molar-refractivity contribution in [2.75, 3.05) is 19.7 Å². The summed E-state index contributed by atoms with van der Waals surface area (Å²) in [7, 11) is 0. The summed E-state index contributed by atoms with van der Waals surface area (Å²) < 4.78 is 5.74. The number of ether oxygens (including phenoxy) is 1. The average molecular weight is 219 g/mol. The molecule has 0 saturated carbocycles. The van der Waals surface area contributed by atoms with Crippen LogP contribution in [0.15, 0.2) is 24.3 Å². The van der Waals surface area contributed by atoms with Crippen LogP contribution in [0, 0.1) is 12.8 Å². The summed E-state index contributed by atoms with van der Waals surface area (Å²) in [6.45, 7) is 5.29. The highest BCUT2D eigenvalue weighted by Gasteiger charge is 2.12. The minimum atomic E-state index is 0.805. The van der Waals surface area contributed by atoms with Crippen molar-refractivity contribution in [1.29, 1.82) is 0 Å². The fourth-order valence-corrected chi connectivity index (χ4v) is 2.15. The molecule has 2 nitrogen and oxygen atoms in total. The molecule has 88 valence electrons. The fraction of sp³-hybridized carbons (Fsp3) is 0.571. The second kappa shape index (κ2) is 5.90. The predicted octanol–water partition coefficient (Wildman–Crippen LogP) is 2.76. The van der Waals surface area contributed by atoms with Crippen LogP contribution in [0.4, 0.5) is 0 Å². The van der Waals surface area contributed by atoms with Crippen molar-refractivity contribution in [1.82, 2.24) is 5.32 Å². The lowest BCUT2D eigenvalue weighted by Gasteiger charge is -2.22. The quantitative estimate of drug-likeness (QED) is 0.840. The highest BCUT2D eigenvalue weighted by Crippen LogP contribution is 2.16. The topological polar surface area (TPSA) is 21.3 Å². The van der Waals surface area contributed by atoms with Gasteiger partial charge < -0.3 is 10.1 Å². The van der Waals surface area contributed by atoms with Gasteiger partial charge >= 0.3 is 0 Å². The van der Waals surface area contributed by atoms with Gasteiger partial charge in [0.05, 0.1) is 6.61 Å². The number of rotatable bonds is 4. The standard InChI is InChI=1S/C14H21NO/c1-12-4-6-14(7-5-12)16-10-8-13-3-2-9-15-11-13/h4-7,13,15H,2-3,8-11H2,1H3/t13-/m1/s1. The lowest BCUT2D eigenvalue weighted by atomic mass is 9.97. The molecular formula is C14H21NO. The van der Waals surface area contributed by atoms with Gasteiger partial charge in [0.1, 0.15) is 5.75 Å². The molecule has 1 aliphatic rings. The molecule has 1 aromatic carbocycles. The van der Waals surface area contributed by atoms with E-state index in [-0.39, 0.29) is 0 Å². The minimum Gasteiger partial charge on any atom is -0.494 e. The molecule has 2 rings (SSSR count). The number of hydrogen-bond donors (Lipinski definition) is 1. The molecule has 1 saturated heterocycles. The van der Waals surface area contributed by atoms with Gasteiger partial charge in [0, 0.05) is 0 Å². The molecule has 1 aromatic rings. The van der Waals surface area contributed by atoms with Crippen LogP contribution in [0.1, 0.15) is 24.8 Å². The van der Waals surface area contributed by atoms with Crippen molar-refractivity contribution in [2.45, 2.75) is 26.2 Å². The number of nitrogens with one attached hydrogen (secondary N) is 1. The fourth-order valence-electron chi connectivity index (χ4n) is 2.15. The molecule has 2 heteroatoms. The summed E-state index contributed by atoms with van der Waals surface area (Å²) in [5.41, 5.74) is 1.28. The van der Waals surface area contributed by atoms with Crippen LogP contribution >= 0.6 is 0 Å². The first kappa shape index (κ1) is 11.5. The van der Waals surface area contributed by atoms with Gasteiger partial charge in [0.15, 0.2) is 0 Å². The second-order valence-corrected chi connectivity index (χ2v) is 4.66. The average Bonchev–Trinajstić information content (AvgIpc) is 2.33. The minimum absolute atomic E-state index is 0.805. The summed E-state index contributed by atoms with van der Waals surface area (Å²) in [6, 6.07) is 8.29. The Labute approximate surface area is 98.0 Å². The van der Waals surface area contributed by atoms with E-state index in [0.717, 1.165) is 24.8 Å². The molecule has 0 radical (unpaired) electrons. The van der Waals surface area contributed by atoms with Gasteiger partial charge in [-0.05, 0) is 57.3 Å². The lowest BCUT2D eigenvalue weighted by molar-refractivity contribution is 0.254. The second-order valence-electron chi connectivity index (χ2n) is 4.66. The third-order valence-electron chi connectivity index (χ3n) is 3.21. The largest absolute Gasteiger partial charge is 0.494 e. The summed E-state index contributed by atoms with van der Waals surface area (Å²) in [5, 5.41) is 3.44. The Morgan fingerprint density at radius 1 is 1.31 bits per heavy atom. The zero-order valence-corrected chi connectivity index (χ0v) is 10.0. The third-order valence-corrected chi connectivity index (χ3v) is 3.21. The highest BCUT2D eigenvalue weighted by atomic mass is 16.5. The van der Waals surface area contributed by atoms with Crippen LogP contribution in [-0.4, -0.2) is 19.7 Å². The number of piperidine rings is 1. The molecule has 16 heavy (non-hydrogen) atoms. The van der Waals surface area contributed by atoms with Crippen LogP contribution in [-0.2, 0) is 0 Å². The van der Waals surface area contributed by atoms with Crippen molar-refractivity contribution in [2.24, 2.45) is 5.92 Å².